The Hall–Kier alpha value is -3.70. The van der Waals surface area contributed by atoms with Crippen molar-refractivity contribution in [2.24, 2.45) is 0 Å². The smallest absolute Gasteiger partial charge is 0.255 e. The Labute approximate surface area is 236 Å². The highest BCUT2D eigenvalue weighted by molar-refractivity contribution is 9.10. The van der Waals surface area contributed by atoms with Gasteiger partial charge in [-0.2, -0.15) is 4.68 Å². The quantitative estimate of drug-likeness (QED) is 0.255. The lowest BCUT2D eigenvalue weighted by Crippen LogP contribution is -2.31. The maximum absolute atomic E-state index is 13.6. The molecule has 4 aromatic rings. The lowest BCUT2D eigenvalue weighted by Gasteiger charge is -2.28. The number of rotatable bonds is 7. The number of aromatic nitrogens is 4. The first-order chi connectivity index (χ1) is 18.3. The van der Waals surface area contributed by atoms with E-state index in [1.54, 1.807) is 11.8 Å². The highest BCUT2D eigenvalue weighted by atomic mass is 79.9. The molecule has 0 bridgehead atoms. The van der Waals surface area contributed by atoms with E-state index >= 15 is 0 Å². The summed E-state index contributed by atoms with van der Waals surface area (Å²) in [6, 6.07) is 18.7. The molecule has 0 saturated heterocycles. The molecular formula is C27H24Br2N6O3. The summed E-state index contributed by atoms with van der Waals surface area (Å²) in [6.45, 7) is 4.16. The molecule has 38 heavy (non-hydrogen) atoms. The van der Waals surface area contributed by atoms with Crippen molar-refractivity contribution in [2.45, 2.75) is 26.5 Å². The third kappa shape index (κ3) is 5.30. The minimum absolute atomic E-state index is 0.266. The summed E-state index contributed by atoms with van der Waals surface area (Å²) in [5, 5.41) is 18.2. The van der Waals surface area contributed by atoms with Gasteiger partial charge in [0.1, 0.15) is 12.6 Å². The number of aryl methyl sites for hydroxylation is 1. The number of hydrogen-bond acceptors (Lipinski definition) is 7. The van der Waals surface area contributed by atoms with Crippen LogP contribution in [0.4, 0.5) is 11.6 Å². The summed E-state index contributed by atoms with van der Waals surface area (Å²) < 4.78 is 15.1. The first-order valence-electron chi connectivity index (χ1n) is 11.7. The van der Waals surface area contributed by atoms with Crippen molar-refractivity contribution in [1.82, 2.24) is 20.2 Å². The van der Waals surface area contributed by atoms with E-state index in [0.29, 0.717) is 45.5 Å². The summed E-state index contributed by atoms with van der Waals surface area (Å²) in [5.41, 5.74) is 4.62. The molecule has 194 valence electrons. The number of nitrogens with zero attached hydrogens (tertiary/aromatic N) is 4. The van der Waals surface area contributed by atoms with Crippen molar-refractivity contribution in [3.8, 4) is 11.5 Å². The van der Waals surface area contributed by atoms with Gasteiger partial charge in [0.25, 0.3) is 5.91 Å². The SMILES string of the molecule is COc1cc(C2C(C(=O)Nc3cccc(C)c3)=C(C)Nc3nnnn32)cc(Br)c1OCc1ccc(Br)cc1. The number of carbonyl (C=O) groups excluding carboxylic acids is 1. The minimum Gasteiger partial charge on any atom is -0.493 e. The van der Waals surface area contributed by atoms with Crippen LogP contribution in [0, 0.1) is 6.92 Å². The first kappa shape index (κ1) is 25.9. The number of amides is 1. The number of fused-ring (bicyclic) bond motifs is 1. The van der Waals surface area contributed by atoms with Gasteiger partial charge in [0.2, 0.25) is 5.95 Å². The second kappa shape index (κ2) is 11.0. The molecule has 3 aromatic carbocycles. The van der Waals surface area contributed by atoms with Crippen LogP contribution in [0.2, 0.25) is 0 Å². The second-order valence-electron chi connectivity index (χ2n) is 8.79. The fourth-order valence-corrected chi connectivity index (χ4v) is 5.15. The Morgan fingerprint density at radius 2 is 1.89 bits per heavy atom. The zero-order valence-electron chi connectivity index (χ0n) is 20.8. The van der Waals surface area contributed by atoms with Crippen LogP contribution in [-0.2, 0) is 11.4 Å². The van der Waals surface area contributed by atoms with Crippen LogP contribution in [0.5, 0.6) is 11.5 Å². The molecule has 1 aromatic heterocycles. The summed E-state index contributed by atoms with van der Waals surface area (Å²) in [6.07, 6.45) is 0. The summed E-state index contributed by atoms with van der Waals surface area (Å²) in [7, 11) is 1.58. The van der Waals surface area contributed by atoms with E-state index in [2.05, 4.69) is 58.0 Å². The van der Waals surface area contributed by atoms with Crippen molar-refractivity contribution in [3.05, 3.63) is 97.6 Å². The van der Waals surface area contributed by atoms with Gasteiger partial charge in [-0.05, 0) is 93.3 Å². The number of ether oxygens (including phenoxy) is 2. The van der Waals surface area contributed by atoms with Gasteiger partial charge in [-0.15, -0.1) is 0 Å². The van der Waals surface area contributed by atoms with Crippen molar-refractivity contribution in [1.29, 1.82) is 0 Å². The van der Waals surface area contributed by atoms with Gasteiger partial charge >= 0.3 is 0 Å². The third-order valence-electron chi connectivity index (χ3n) is 6.10. The van der Waals surface area contributed by atoms with E-state index < -0.39 is 6.04 Å². The number of allylic oxidation sites excluding steroid dienone is 1. The molecule has 9 nitrogen and oxygen atoms in total. The van der Waals surface area contributed by atoms with E-state index in [-0.39, 0.29) is 5.91 Å². The molecule has 1 aliphatic rings. The average molecular weight is 640 g/mol. The molecule has 1 amide bonds. The molecule has 2 N–H and O–H groups in total. The first-order valence-corrected chi connectivity index (χ1v) is 13.3. The molecule has 0 saturated carbocycles. The largest absolute Gasteiger partial charge is 0.493 e. The zero-order chi connectivity index (χ0) is 26.8. The van der Waals surface area contributed by atoms with Gasteiger partial charge in [0, 0.05) is 15.9 Å². The Morgan fingerprint density at radius 3 is 2.63 bits per heavy atom. The van der Waals surface area contributed by atoms with Crippen LogP contribution in [-0.4, -0.2) is 33.2 Å². The van der Waals surface area contributed by atoms with Crippen molar-refractivity contribution in [3.63, 3.8) is 0 Å². The number of tetrazole rings is 1. The van der Waals surface area contributed by atoms with Gasteiger partial charge < -0.3 is 20.1 Å². The van der Waals surface area contributed by atoms with Crippen molar-refractivity contribution < 1.29 is 14.3 Å². The number of methoxy groups -OCH3 is 1. The van der Waals surface area contributed by atoms with Gasteiger partial charge in [-0.25, -0.2) is 0 Å². The number of carbonyl (C=O) groups is 1. The monoisotopic (exact) mass is 638 g/mol. The Balaban J connectivity index is 1.51. The third-order valence-corrected chi connectivity index (χ3v) is 7.22. The second-order valence-corrected chi connectivity index (χ2v) is 10.6. The number of hydrogen-bond donors (Lipinski definition) is 2. The highest BCUT2D eigenvalue weighted by Crippen LogP contribution is 2.43. The molecule has 2 heterocycles. The lowest BCUT2D eigenvalue weighted by atomic mass is 9.94. The maximum Gasteiger partial charge on any atom is 0.255 e. The molecule has 1 unspecified atom stereocenters. The Kier molecular flexibility index (Phi) is 7.48. The van der Waals surface area contributed by atoms with Crippen LogP contribution in [0.15, 0.2) is 80.9 Å². The van der Waals surface area contributed by atoms with E-state index in [9.17, 15) is 4.79 Å². The maximum atomic E-state index is 13.6. The summed E-state index contributed by atoms with van der Waals surface area (Å²) in [5.74, 6) is 1.23. The molecule has 0 radical (unpaired) electrons. The van der Waals surface area contributed by atoms with E-state index in [4.69, 9.17) is 9.47 Å². The number of nitrogens with one attached hydrogen (secondary N) is 2. The summed E-state index contributed by atoms with van der Waals surface area (Å²) in [4.78, 5) is 13.6. The Morgan fingerprint density at radius 1 is 1.11 bits per heavy atom. The Bertz CT molecular complexity index is 1530. The average Bonchev–Trinajstić information content (AvgIpc) is 3.35. The standard InChI is InChI=1S/C27H24Br2N6O3/c1-15-5-4-6-20(11-15)31-26(36)23-16(2)30-27-32-33-34-35(27)24(23)18-12-21(29)25(22(13-18)37-3)38-14-17-7-9-19(28)10-8-17/h4-13,24H,14H2,1-3H3,(H,31,36)(H,30,32,34). The lowest BCUT2D eigenvalue weighted by molar-refractivity contribution is -0.113. The predicted octanol–water partition coefficient (Wildman–Crippen LogP) is 6.02. The van der Waals surface area contributed by atoms with Crippen molar-refractivity contribution >= 4 is 49.4 Å². The van der Waals surface area contributed by atoms with Gasteiger partial charge in [-0.3, -0.25) is 4.79 Å². The topological polar surface area (TPSA) is 103 Å². The van der Waals surface area contributed by atoms with E-state index in [1.165, 1.54) is 0 Å². The fraction of sp³-hybridized carbons (Fsp3) is 0.185. The molecule has 0 fully saturated rings. The summed E-state index contributed by atoms with van der Waals surface area (Å²) >= 11 is 7.10. The molecule has 1 aliphatic heterocycles. The van der Waals surface area contributed by atoms with Crippen LogP contribution >= 0.6 is 31.9 Å². The zero-order valence-corrected chi connectivity index (χ0v) is 24.0. The molecular weight excluding hydrogens is 616 g/mol. The number of halogens is 2. The highest BCUT2D eigenvalue weighted by Gasteiger charge is 2.35. The van der Waals surface area contributed by atoms with Crippen LogP contribution in [0.25, 0.3) is 0 Å². The molecule has 5 rings (SSSR count). The molecule has 1 atom stereocenters. The number of anilines is 2. The van der Waals surface area contributed by atoms with Crippen LogP contribution < -0.4 is 20.1 Å². The van der Waals surface area contributed by atoms with Crippen LogP contribution in [0.1, 0.15) is 29.7 Å². The van der Waals surface area contributed by atoms with E-state index in [0.717, 1.165) is 21.2 Å². The van der Waals surface area contributed by atoms with Crippen LogP contribution in [0.3, 0.4) is 0 Å². The van der Waals surface area contributed by atoms with Gasteiger partial charge in [-0.1, -0.05) is 45.3 Å². The van der Waals surface area contributed by atoms with Gasteiger partial charge in [0.15, 0.2) is 11.5 Å². The van der Waals surface area contributed by atoms with E-state index in [1.807, 2.05) is 74.5 Å². The number of benzene rings is 3. The van der Waals surface area contributed by atoms with Crippen molar-refractivity contribution in [2.75, 3.05) is 17.7 Å². The van der Waals surface area contributed by atoms with Gasteiger partial charge in [0.05, 0.1) is 17.2 Å². The normalized spacial score (nSPS) is 14.5. The molecule has 11 heteroatoms. The molecule has 0 aliphatic carbocycles. The fourth-order valence-electron chi connectivity index (χ4n) is 4.31. The predicted molar refractivity (Wildman–Crippen MR) is 151 cm³/mol. The molecule has 0 spiro atoms. The minimum atomic E-state index is -0.614.